The lowest BCUT2D eigenvalue weighted by molar-refractivity contribution is -0.151. The van der Waals surface area contributed by atoms with Crippen molar-refractivity contribution < 1.29 is 26.3 Å². The molecule has 1 N–H and O–H groups in total. The van der Waals surface area contributed by atoms with E-state index in [1.165, 1.54) is 6.92 Å². The van der Waals surface area contributed by atoms with Crippen LogP contribution in [0.3, 0.4) is 0 Å². The molecule has 1 aromatic rings. The zero-order chi connectivity index (χ0) is 13.9. The smallest absolute Gasteiger partial charge is 0.305 e. The second-order valence-electron chi connectivity index (χ2n) is 3.63. The highest BCUT2D eigenvalue weighted by Crippen LogP contribution is 2.37. The maximum atomic E-state index is 13.4. The normalized spacial score (nSPS) is 14.0. The molecule has 1 unspecified atom stereocenters. The van der Waals surface area contributed by atoms with Gasteiger partial charge >= 0.3 is 12.3 Å². The van der Waals surface area contributed by atoms with Gasteiger partial charge in [-0.25, -0.2) is 17.6 Å². The molecule has 0 spiro atoms. The predicted molar refractivity (Wildman–Crippen MR) is 53.7 cm³/mol. The summed E-state index contributed by atoms with van der Waals surface area (Å²) < 4.78 is 77.2. The molecule has 102 valence electrons. The third-order valence-electron chi connectivity index (χ3n) is 2.36. The maximum absolute atomic E-state index is 13.4. The zero-order valence-electron chi connectivity index (χ0n) is 9.36. The topological polar surface area (TPSA) is 12.0 Å². The van der Waals surface area contributed by atoms with Crippen molar-refractivity contribution in [2.75, 3.05) is 6.54 Å². The zero-order valence-corrected chi connectivity index (χ0v) is 9.36. The highest BCUT2D eigenvalue weighted by Gasteiger charge is 2.49. The first kappa shape index (κ1) is 14.8. The van der Waals surface area contributed by atoms with Gasteiger partial charge in [0.05, 0.1) is 0 Å². The molecular weight excluding hydrogens is 260 g/mol. The van der Waals surface area contributed by atoms with E-state index >= 15 is 0 Å². The number of alkyl halides is 4. The Hall–Kier alpha value is -1.24. The average molecular weight is 271 g/mol. The minimum absolute atomic E-state index is 0.0657. The van der Waals surface area contributed by atoms with Crippen LogP contribution in [0.1, 0.15) is 18.5 Å². The molecule has 0 saturated heterocycles. The summed E-state index contributed by atoms with van der Waals surface area (Å²) in [4.78, 5) is 0. The van der Waals surface area contributed by atoms with E-state index in [0.717, 1.165) is 12.1 Å². The van der Waals surface area contributed by atoms with Gasteiger partial charge in [0.15, 0.2) is 0 Å². The summed E-state index contributed by atoms with van der Waals surface area (Å²) in [6, 6.07) is -0.358. The molecule has 1 aromatic carbocycles. The molecule has 0 heterocycles. The van der Waals surface area contributed by atoms with Crippen molar-refractivity contribution in [3.05, 3.63) is 35.4 Å². The second-order valence-corrected chi connectivity index (χ2v) is 3.63. The van der Waals surface area contributed by atoms with E-state index in [4.69, 9.17) is 0 Å². The van der Waals surface area contributed by atoms with Crippen LogP contribution in [0.15, 0.2) is 18.2 Å². The van der Waals surface area contributed by atoms with Crippen molar-refractivity contribution in [1.82, 2.24) is 5.32 Å². The molecule has 7 heteroatoms. The van der Waals surface area contributed by atoms with Crippen molar-refractivity contribution in [2.24, 2.45) is 0 Å². The van der Waals surface area contributed by atoms with Gasteiger partial charge in [0.2, 0.25) is 0 Å². The quantitative estimate of drug-likeness (QED) is 0.808. The van der Waals surface area contributed by atoms with E-state index in [1.807, 2.05) is 0 Å². The number of benzene rings is 1. The Morgan fingerprint density at radius 2 is 1.83 bits per heavy atom. The summed E-state index contributed by atoms with van der Waals surface area (Å²) in [7, 11) is 0. The minimum atomic E-state index is -4.45. The van der Waals surface area contributed by atoms with Crippen molar-refractivity contribution in [3.63, 3.8) is 0 Å². The van der Waals surface area contributed by atoms with Crippen LogP contribution >= 0.6 is 0 Å². The van der Waals surface area contributed by atoms with Crippen LogP contribution < -0.4 is 5.32 Å². The van der Waals surface area contributed by atoms with E-state index in [9.17, 15) is 26.3 Å². The molecule has 0 fully saturated rings. The molecular formula is C11H11F6N. The number of halogens is 6. The Kier molecular flexibility index (Phi) is 4.61. The Morgan fingerprint density at radius 3 is 2.28 bits per heavy atom. The van der Waals surface area contributed by atoms with Gasteiger partial charge < -0.3 is 5.32 Å². The second kappa shape index (κ2) is 5.60. The van der Waals surface area contributed by atoms with Crippen molar-refractivity contribution in [3.8, 4) is 0 Å². The summed E-state index contributed by atoms with van der Waals surface area (Å²) in [6.07, 6.45) is -3.95. The third-order valence-corrected chi connectivity index (χ3v) is 2.36. The molecule has 0 aliphatic heterocycles. The lowest BCUT2D eigenvalue weighted by atomic mass is 10.00. The summed E-state index contributed by atoms with van der Waals surface area (Å²) >= 11 is 0. The van der Waals surface area contributed by atoms with Gasteiger partial charge in [-0.15, -0.1) is 0 Å². The van der Waals surface area contributed by atoms with Gasteiger partial charge in [-0.2, -0.15) is 8.78 Å². The predicted octanol–water partition coefficient (Wildman–Crippen LogP) is 3.52. The molecule has 0 aromatic heterocycles. The minimum Gasteiger partial charge on any atom is -0.305 e. The van der Waals surface area contributed by atoms with Crippen LogP contribution in [0.2, 0.25) is 0 Å². The van der Waals surface area contributed by atoms with E-state index in [0.29, 0.717) is 6.07 Å². The van der Waals surface area contributed by atoms with E-state index in [1.54, 1.807) is 0 Å². The monoisotopic (exact) mass is 271 g/mol. The maximum Gasteiger partial charge on any atom is 0.326 e. The van der Waals surface area contributed by atoms with Gasteiger partial charge in [0.25, 0.3) is 0 Å². The number of rotatable bonds is 5. The fourth-order valence-electron chi connectivity index (χ4n) is 1.52. The fourth-order valence-corrected chi connectivity index (χ4v) is 1.52. The first-order valence-corrected chi connectivity index (χ1v) is 5.15. The standard InChI is InChI=1S/C11H11F6N/c1-2-18-9(11(16,17)10(14)15)7-4-3-6(12)5-8(7)13/h3-5,9-10,18H,2H2,1H3. The van der Waals surface area contributed by atoms with Crippen LogP contribution in [0.4, 0.5) is 26.3 Å². The summed E-state index contributed by atoms with van der Waals surface area (Å²) in [5, 5.41) is 2.09. The highest BCUT2D eigenvalue weighted by molar-refractivity contribution is 5.24. The molecule has 18 heavy (non-hydrogen) atoms. The van der Waals surface area contributed by atoms with Crippen LogP contribution in [-0.4, -0.2) is 18.9 Å². The molecule has 1 atom stereocenters. The Bertz CT molecular complexity index is 407. The number of hydrogen-bond donors (Lipinski definition) is 1. The molecule has 0 aliphatic carbocycles. The molecule has 0 aliphatic rings. The van der Waals surface area contributed by atoms with Crippen LogP contribution in [0, 0.1) is 11.6 Å². The van der Waals surface area contributed by atoms with E-state index < -0.39 is 35.6 Å². The van der Waals surface area contributed by atoms with Crippen molar-refractivity contribution >= 4 is 0 Å². The lowest BCUT2D eigenvalue weighted by Gasteiger charge is -2.27. The Morgan fingerprint density at radius 1 is 1.22 bits per heavy atom. The first-order valence-electron chi connectivity index (χ1n) is 5.15. The average Bonchev–Trinajstić information content (AvgIpc) is 2.26. The molecule has 1 nitrogen and oxygen atoms in total. The van der Waals surface area contributed by atoms with Gasteiger partial charge in [-0.05, 0) is 12.6 Å². The molecule has 0 radical (unpaired) electrons. The van der Waals surface area contributed by atoms with Gasteiger partial charge in [0, 0.05) is 11.6 Å². The van der Waals surface area contributed by atoms with Crippen LogP contribution in [0.25, 0.3) is 0 Å². The fraction of sp³-hybridized carbons (Fsp3) is 0.455. The van der Waals surface area contributed by atoms with Gasteiger partial charge in [0.1, 0.15) is 17.7 Å². The third kappa shape index (κ3) is 2.95. The van der Waals surface area contributed by atoms with Gasteiger partial charge in [-0.3, -0.25) is 0 Å². The van der Waals surface area contributed by atoms with Crippen molar-refractivity contribution in [2.45, 2.75) is 25.3 Å². The Balaban J connectivity index is 3.19. The summed E-state index contributed by atoms with van der Waals surface area (Å²) in [6.45, 7) is 1.35. The largest absolute Gasteiger partial charge is 0.326 e. The number of hydrogen-bond acceptors (Lipinski definition) is 1. The first-order chi connectivity index (χ1) is 8.30. The van der Waals surface area contributed by atoms with E-state index in [-0.39, 0.29) is 6.54 Å². The molecule has 1 rings (SSSR count). The molecule has 0 amide bonds. The Labute approximate surface area is 99.8 Å². The van der Waals surface area contributed by atoms with Crippen LogP contribution in [0.5, 0.6) is 0 Å². The molecule has 0 bridgehead atoms. The van der Waals surface area contributed by atoms with Crippen LogP contribution in [-0.2, 0) is 0 Å². The number of nitrogens with one attached hydrogen (secondary N) is 1. The molecule has 0 saturated carbocycles. The summed E-state index contributed by atoms with van der Waals surface area (Å²) in [5.74, 6) is -6.71. The lowest BCUT2D eigenvalue weighted by Crippen LogP contribution is -2.43. The van der Waals surface area contributed by atoms with E-state index in [2.05, 4.69) is 5.32 Å². The van der Waals surface area contributed by atoms with Gasteiger partial charge in [-0.1, -0.05) is 13.0 Å². The van der Waals surface area contributed by atoms with Crippen molar-refractivity contribution in [1.29, 1.82) is 0 Å². The SMILES string of the molecule is CCNC(c1ccc(F)cc1F)C(F)(F)C(F)F. The summed E-state index contributed by atoms with van der Waals surface area (Å²) in [5.41, 5.74) is -0.691. The highest BCUT2D eigenvalue weighted by atomic mass is 19.3.